The van der Waals surface area contributed by atoms with Crippen LogP contribution in [0.2, 0.25) is 0 Å². The Balaban J connectivity index is 2.74. The molecule has 0 radical (unpaired) electrons. The summed E-state index contributed by atoms with van der Waals surface area (Å²) in [5.41, 5.74) is 11.8. The standard InChI is InChI=1S/C10H18N4O2S/c1-3-17(15,16)5-4-7(2)8-6-13-10(12)14-9(8)11/h6-7H,3-5H2,1-2H3,(H4,11,12,13,14). The van der Waals surface area contributed by atoms with E-state index >= 15 is 0 Å². The van der Waals surface area contributed by atoms with Crippen molar-refractivity contribution in [1.29, 1.82) is 0 Å². The second kappa shape index (κ2) is 5.31. The highest BCUT2D eigenvalue weighted by molar-refractivity contribution is 7.91. The zero-order valence-electron chi connectivity index (χ0n) is 10.0. The molecule has 4 N–H and O–H groups in total. The predicted octanol–water partition coefficient (Wildman–Crippen LogP) is 0.569. The molecule has 0 aliphatic carbocycles. The Bertz CT molecular complexity index is 487. The molecule has 0 saturated carbocycles. The van der Waals surface area contributed by atoms with E-state index in [1.54, 1.807) is 13.1 Å². The van der Waals surface area contributed by atoms with Gasteiger partial charge in [-0.15, -0.1) is 0 Å². The molecule has 1 atom stereocenters. The van der Waals surface area contributed by atoms with Gasteiger partial charge in [-0.3, -0.25) is 0 Å². The summed E-state index contributed by atoms with van der Waals surface area (Å²) < 4.78 is 22.8. The Labute approximate surface area is 101 Å². The highest BCUT2D eigenvalue weighted by Crippen LogP contribution is 2.23. The summed E-state index contributed by atoms with van der Waals surface area (Å²) in [7, 11) is -2.95. The van der Waals surface area contributed by atoms with Crippen molar-refractivity contribution in [2.45, 2.75) is 26.2 Å². The first kappa shape index (κ1) is 13.7. The Morgan fingerprint density at radius 1 is 1.41 bits per heavy atom. The molecule has 0 amide bonds. The van der Waals surface area contributed by atoms with E-state index in [4.69, 9.17) is 11.5 Å². The Hall–Kier alpha value is -1.37. The molecule has 0 aliphatic rings. The van der Waals surface area contributed by atoms with Crippen molar-refractivity contribution in [2.75, 3.05) is 23.0 Å². The number of nitrogens with zero attached hydrogens (tertiary/aromatic N) is 2. The van der Waals surface area contributed by atoms with Gasteiger partial charge in [-0.2, -0.15) is 4.98 Å². The normalized spacial score (nSPS) is 13.5. The lowest BCUT2D eigenvalue weighted by molar-refractivity contribution is 0.589. The van der Waals surface area contributed by atoms with E-state index in [1.807, 2.05) is 6.92 Å². The Morgan fingerprint density at radius 3 is 2.59 bits per heavy atom. The number of sulfone groups is 1. The molecular formula is C10H18N4O2S. The van der Waals surface area contributed by atoms with Gasteiger partial charge in [0.05, 0.1) is 5.75 Å². The fraction of sp³-hybridized carbons (Fsp3) is 0.600. The summed E-state index contributed by atoms with van der Waals surface area (Å²) in [5, 5.41) is 0. The van der Waals surface area contributed by atoms with Gasteiger partial charge in [0.1, 0.15) is 15.7 Å². The zero-order chi connectivity index (χ0) is 13.1. The SMILES string of the molecule is CCS(=O)(=O)CCC(C)c1cnc(N)nc1N. The third-order valence-corrected chi connectivity index (χ3v) is 4.44. The molecular weight excluding hydrogens is 240 g/mol. The van der Waals surface area contributed by atoms with Gasteiger partial charge < -0.3 is 11.5 Å². The Morgan fingerprint density at radius 2 is 2.06 bits per heavy atom. The van der Waals surface area contributed by atoms with Crippen LogP contribution in [0.4, 0.5) is 11.8 Å². The molecule has 1 aromatic rings. The number of hydrogen-bond acceptors (Lipinski definition) is 6. The van der Waals surface area contributed by atoms with Gasteiger partial charge in [-0.25, -0.2) is 13.4 Å². The molecule has 0 aromatic carbocycles. The maximum absolute atomic E-state index is 11.4. The van der Waals surface area contributed by atoms with E-state index in [0.717, 1.165) is 5.56 Å². The van der Waals surface area contributed by atoms with Gasteiger partial charge in [0.25, 0.3) is 0 Å². The zero-order valence-corrected chi connectivity index (χ0v) is 10.9. The predicted molar refractivity (Wildman–Crippen MR) is 68.2 cm³/mol. The number of hydrogen-bond donors (Lipinski definition) is 2. The first-order valence-electron chi connectivity index (χ1n) is 5.44. The minimum Gasteiger partial charge on any atom is -0.383 e. The van der Waals surface area contributed by atoms with Crippen molar-refractivity contribution < 1.29 is 8.42 Å². The van der Waals surface area contributed by atoms with Crippen LogP contribution in [0.25, 0.3) is 0 Å². The number of nitrogen functional groups attached to an aromatic ring is 2. The van der Waals surface area contributed by atoms with Gasteiger partial charge in [0, 0.05) is 17.5 Å². The molecule has 0 saturated heterocycles. The lowest BCUT2D eigenvalue weighted by Crippen LogP contribution is -2.13. The highest BCUT2D eigenvalue weighted by Gasteiger charge is 2.15. The molecule has 0 fully saturated rings. The molecule has 1 aromatic heterocycles. The number of anilines is 2. The van der Waals surface area contributed by atoms with E-state index < -0.39 is 9.84 Å². The first-order chi connectivity index (χ1) is 7.85. The summed E-state index contributed by atoms with van der Waals surface area (Å²) in [4.78, 5) is 7.72. The van der Waals surface area contributed by atoms with Crippen LogP contribution in [0.1, 0.15) is 31.7 Å². The second-order valence-corrected chi connectivity index (χ2v) is 6.47. The van der Waals surface area contributed by atoms with Gasteiger partial charge in [0.15, 0.2) is 0 Å². The second-order valence-electron chi connectivity index (χ2n) is 3.99. The van der Waals surface area contributed by atoms with Crippen LogP contribution in [-0.2, 0) is 9.84 Å². The van der Waals surface area contributed by atoms with Crippen molar-refractivity contribution in [3.05, 3.63) is 11.8 Å². The van der Waals surface area contributed by atoms with Crippen molar-refractivity contribution in [3.63, 3.8) is 0 Å². The van der Waals surface area contributed by atoms with Crippen molar-refractivity contribution in [3.8, 4) is 0 Å². The van der Waals surface area contributed by atoms with E-state index in [0.29, 0.717) is 12.2 Å². The summed E-state index contributed by atoms with van der Waals surface area (Å²) in [6.07, 6.45) is 2.06. The third-order valence-electron chi connectivity index (χ3n) is 2.70. The maximum Gasteiger partial charge on any atom is 0.221 e. The molecule has 7 heteroatoms. The minimum absolute atomic E-state index is 0.00285. The highest BCUT2D eigenvalue weighted by atomic mass is 32.2. The van der Waals surface area contributed by atoms with Crippen LogP contribution in [0, 0.1) is 0 Å². The molecule has 96 valence electrons. The van der Waals surface area contributed by atoms with Crippen molar-refractivity contribution in [2.24, 2.45) is 0 Å². The average Bonchev–Trinajstić information content (AvgIpc) is 2.26. The van der Waals surface area contributed by atoms with E-state index in [1.165, 1.54) is 0 Å². The van der Waals surface area contributed by atoms with Crippen LogP contribution in [0.3, 0.4) is 0 Å². The monoisotopic (exact) mass is 258 g/mol. The number of aromatic nitrogens is 2. The fourth-order valence-corrected chi connectivity index (χ4v) is 2.46. The summed E-state index contributed by atoms with van der Waals surface area (Å²) in [6.45, 7) is 3.54. The lowest BCUT2D eigenvalue weighted by Gasteiger charge is -2.13. The van der Waals surface area contributed by atoms with Gasteiger partial charge >= 0.3 is 0 Å². The minimum atomic E-state index is -2.95. The Kier molecular flexibility index (Phi) is 4.28. The molecule has 0 spiro atoms. The molecule has 1 heterocycles. The van der Waals surface area contributed by atoms with Crippen LogP contribution in [0.5, 0.6) is 0 Å². The van der Waals surface area contributed by atoms with Crippen LogP contribution >= 0.6 is 0 Å². The fourth-order valence-electron chi connectivity index (χ4n) is 1.45. The molecule has 1 unspecified atom stereocenters. The first-order valence-corrected chi connectivity index (χ1v) is 7.26. The van der Waals surface area contributed by atoms with E-state index in [2.05, 4.69) is 9.97 Å². The van der Waals surface area contributed by atoms with E-state index in [9.17, 15) is 8.42 Å². The third kappa shape index (κ3) is 3.85. The topological polar surface area (TPSA) is 112 Å². The number of nitrogens with two attached hydrogens (primary N) is 2. The number of rotatable bonds is 5. The molecule has 6 nitrogen and oxygen atoms in total. The van der Waals surface area contributed by atoms with Crippen LogP contribution < -0.4 is 11.5 Å². The maximum atomic E-state index is 11.4. The van der Waals surface area contributed by atoms with Gasteiger partial charge in [-0.1, -0.05) is 13.8 Å². The summed E-state index contributed by atoms with van der Waals surface area (Å²) >= 11 is 0. The molecule has 0 aliphatic heterocycles. The molecule has 17 heavy (non-hydrogen) atoms. The van der Waals surface area contributed by atoms with Gasteiger partial charge in [0.2, 0.25) is 5.95 Å². The smallest absolute Gasteiger partial charge is 0.221 e. The van der Waals surface area contributed by atoms with E-state index in [-0.39, 0.29) is 23.4 Å². The van der Waals surface area contributed by atoms with Crippen LogP contribution in [0.15, 0.2) is 6.20 Å². The lowest BCUT2D eigenvalue weighted by atomic mass is 10.0. The average molecular weight is 258 g/mol. The van der Waals surface area contributed by atoms with Gasteiger partial charge in [-0.05, 0) is 12.3 Å². The van der Waals surface area contributed by atoms with Crippen molar-refractivity contribution >= 4 is 21.6 Å². The van der Waals surface area contributed by atoms with Crippen molar-refractivity contribution in [1.82, 2.24) is 9.97 Å². The van der Waals surface area contributed by atoms with Crippen LogP contribution in [-0.4, -0.2) is 29.9 Å². The summed E-state index contributed by atoms with van der Waals surface area (Å²) in [6, 6.07) is 0. The quantitative estimate of drug-likeness (QED) is 0.798. The molecule has 1 rings (SSSR count). The summed E-state index contributed by atoms with van der Waals surface area (Å²) in [5.74, 6) is 0.748. The molecule has 0 bridgehead atoms. The largest absolute Gasteiger partial charge is 0.383 e.